The van der Waals surface area contributed by atoms with Crippen molar-refractivity contribution in [3.8, 4) is 0 Å². The van der Waals surface area contributed by atoms with Crippen LogP contribution in [0.25, 0.3) is 0 Å². The third kappa shape index (κ3) is 5.83. The fraction of sp³-hybridized carbons (Fsp3) is 0.778. The molecule has 0 aliphatic heterocycles. The number of allylic oxidation sites excluding steroid dienone is 2. The molecular formula is C9H18O. The third-order valence-corrected chi connectivity index (χ3v) is 1.53. The molecule has 0 saturated carbocycles. The summed E-state index contributed by atoms with van der Waals surface area (Å²) in [6.07, 6.45) is 4.91. The number of methoxy groups -OCH3 is 1. The first-order valence-corrected chi connectivity index (χ1v) is 3.83. The van der Waals surface area contributed by atoms with Gasteiger partial charge in [-0.15, -0.1) is 0 Å². The molecule has 0 heterocycles. The van der Waals surface area contributed by atoms with Crippen molar-refractivity contribution >= 4 is 0 Å². The second-order valence-corrected chi connectivity index (χ2v) is 2.91. The van der Waals surface area contributed by atoms with Crippen molar-refractivity contribution in [2.24, 2.45) is 0 Å². The topological polar surface area (TPSA) is 9.23 Å². The average Bonchev–Trinajstić information content (AvgIpc) is 1.87. The molecule has 0 N–H and O–H groups in total. The fourth-order valence-electron chi connectivity index (χ4n) is 0.725. The number of ether oxygens (including phenoxy) is 1. The van der Waals surface area contributed by atoms with Crippen LogP contribution < -0.4 is 0 Å². The lowest BCUT2D eigenvalue weighted by molar-refractivity contribution is 0.112. The Balaban J connectivity index is 3.28. The van der Waals surface area contributed by atoms with Gasteiger partial charge in [0.1, 0.15) is 0 Å². The van der Waals surface area contributed by atoms with E-state index in [1.165, 1.54) is 5.57 Å². The molecule has 1 heteroatoms. The van der Waals surface area contributed by atoms with Crippen LogP contribution in [-0.2, 0) is 4.74 Å². The molecule has 60 valence electrons. The van der Waals surface area contributed by atoms with Crippen molar-refractivity contribution in [1.29, 1.82) is 0 Å². The van der Waals surface area contributed by atoms with E-state index in [1.54, 1.807) is 7.11 Å². The highest BCUT2D eigenvalue weighted by Gasteiger charge is 1.95. The van der Waals surface area contributed by atoms with Crippen LogP contribution in [0.15, 0.2) is 11.6 Å². The first kappa shape index (κ1) is 9.70. The Morgan fingerprint density at radius 1 is 1.50 bits per heavy atom. The van der Waals surface area contributed by atoms with E-state index in [2.05, 4.69) is 26.8 Å². The predicted molar refractivity (Wildman–Crippen MR) is 45.1 cm³/mol. The summed E-state index contributed by atoms with van der Waals surface area (Å²) in [5, 5.41) is 0. The SMILES string of the molecule is CO[C@@H](C)CCC=C(C)C. The lowest BCUT2D eigenvalue weighted by Crippen LogP contribution is -2.02. The van der Waals surface area contributed by atoms with E-state index in [1.807, 2.05) is 0 Å². The van der Waals surface area contributed by atoms with Gasteiger partial charge in [-0.25, -0.2) is 0 Å². The van der Waals surface area contributed by atoms with Gasteiger partial charge >= 0.3 is 0 Å². The predicted octanol–water partition coefficient (Wildman–Crippen LogP) is 2.77. The average molecular weight is 142 g/mol. The zero-order chi connectivity index (χ0) is 7.98. The van der Waals surface area contributed by atoms with Gasteiger partial charge in [-0.1, -0.05) is 11.6 Å². The van der Waals surface area contributed by atoms with Gasteiger partial charge in [-0.2, -0.15) is 0 Å². The van der Waals surface area contributed by atoms with E-state index in [4.69, 9.17) is 4.74 Å². The van der Waals surface area contributed by atoms with Crippen LogP contribution in [0.4, 0.5) is 0 Å². The standard InChI is InChI=1S/C9H18O/c1-8(2)6-5-7-9(3)10-4/h6,9H,5,7H2,1-4H3/t9-/m0/s1. The second kappa shape index (κ2) is 5.48. The Hall–Kier alpha value is -0.300. The summed E-state index contributed by atoms with van der Waals surface area (Å²) in [5.41, 5.74) is 1.39. The third-order valence-electron chi connectivity index (χ3n) is 1.53. The van der Waals surface area contributed by atoms with Gasteiger partial charge in [-0.3, -0.25) is 0 Å². The second-order valence-electron chi connectivity index (χ2n) is 2.91. The van der Waals surface area contributed by atoms with Crippen LogP contribution >= 0.6 is 0 Å². The number of hydrogen-bond donors (Lipinski definition) is 0. The molecule has 1 nitrogen and oxygen atoms in total. The summed E-state index contributed by atoms with van der Waals surface area (Å²) < 4.78 is 5.10. The first-order valence-electron chi connectivity index (χ1n) is 3.83. The zero-order valence-electron chi connectivity index (χ0n) is 7.48. The van der Waals surface area contributed by atoms with E-state index in [0.717, 1.165) is 12.8 Å². The molecule has 0 aromatic heterocycles. The van der Waals surface area contributed by atoms with Gasteiger partial charge in [0.25, 0.3) is 0 Å². The van der Waals surface area contributed by atoms with E-state index >= 15 is 0 Å². The Kier molecular flexibility index (Phi) is 5.32. The Labute approximate surface area is 64.1 Å². The van der Waals surface area contributed by atoms with Gasteiger partial charge in [0.05, 0.1) is 6.10 Å². The Morgan fingerprint density at radius 3 is 2.50 bits per heavy atom. The van der Waals surface area contributed by atoms with E-state index in [9.17, 15) is 0 Å². The summed E-state index contributed by atoms with van der Waals surface area (Å²) in [4.78, 5) is 0. The van der Waals surface area contributed by atoms with Gasteiger partial charge in [0.2, 0.25) is 0 Å². The van der Waals surface area contributed by atoms with Crippen LogP contribution in [0.1, 0.15) is 33.6 Å². The molecule has 0 spiro atoms. The lowest BCUT2D eigenvalue weighted by Gasteiger charge is -2.05. The van der Waals surface area contributed by atoms with E-state index in [-0.39, 0.29) is 0 Å². The minimum absolute atomic E-state index is 0.399. The minimum atomic E-state index is 0.399. The Bertz CT molecular complexity index is 101. The van der Waals surface area contributed by atoms with Crippen LogP contribution in [0.2, 0.25) is 0 Å². The van der Waals surface area contributed by atoms with Crippen molar-refractivity contribution in [3.63, 3.8) is 0 Å². The zero-order valence-corrected chi connectivity index (χ0v) is 7.48. The highest BCUT2D eigenvalue weighted by molar-refractivity contribution is 4.92. The van der Waals surface area contributed by atoms with E-state index < -0.39 is 0 Å². The largest absolute Gasteiger partial charge is 0.382 e. The van der Waals surface area contributed by atoms with Crippen LogP contribution in [0.3, 0.4) is 0 Å². The summed E-state index contributed by atoms with van der Waals surface area (Å²) in [6, 6.07) is 0. The monoisotopic (exact) mass is 142 g/mol. The molecule has 0 fully saturated rings. The molecule has 0 bridgehead atoms. The smallest absolute Gasteiger partial charge is 0.0546 e. The quantitative estimate of drug-likeness (QED) is 0.548. The Morgan fingerprint density at radius 2 is 2.10 bits per heavy atom. The van der Waals surface area contributed by atoms with Crippen molar-refractivity contribution in [2.45, 2.75) is 39.7 Å². The molecule has 0 aliphatic rings. The van der Waals surface area contributed by atoms with Crippen LogP contribution in [0.5, 0.6) is 0 Å². The molecule has 0 aromatic carbocycles. The number of hydrogen-bond acceptors (Lipinski definition) is 1. The molecule has 0 saturated heterocycles. The summed E-state index contributed by atoms with van der Waals surface area (Å²) in [6.45, 7) is 6.34. The van der Waals surface area contributed by atoms with Crippen molar-refractivity contribution in [2.75, 3.05) is 7.11 Å². The fourth-order valence-corrected chi connectivity index (χ4v) is 0.725. The molecule has 1 atom stereocenters. The number of rotatable bonds is 4. The van der Waals surface area contributed by atoms with Crippen molar-refractivity contribution in [1.82, 2.24) is 0 Å². The van der Waals surface area contributed by atoms with Crippen molar-refractivity contribution < 1.29 is 4.74 Å². The molecule has 0 radical (unpaired) electrons. The highest BCUT2D eigenvalue weighted by Crippen LogP contribution is 2.02. The molecule has 0 aliphatic carbocycles. The molecule has 0 unspecified atom stereocenters. The van der Waals surface area contributed by atoms with Gasteiger partial charge in [-0.05, 0) is 33.6 Å². The highest BCUT2D eigenvalue weighted by atomic mass is 16.5. The molecule has 0 amide bonds. The van der Waals surface area contributed by atoms with Crippen LogP contribution in [-0.4, -0.2) is 13.2 Å². The maximum atomic E-state index is 5.10. The summed E-state index contributed by atoms with van der Waals surface area (Å²) >= 11 is 0. The summed E-state index contributed by atoms with van der Waals surface area (Å²) in [5.74, 6) is 0. The maximum Gasteiger partial charge on any atom is 0.0546 e. The van der Waals surface area contributed by atoms with Gasteiger partial charge in [0.15, 0.2) is 0 Å². The maximum absolute atomic E-state index is 5.10. The van der Waals surface area contributed by atoms with Crippen LogP contribution in [0, 0.1) is 0 Å². The molecule has 0 aromatic rings. The first-order chi connectivity index (χ1) is 4.66. The molecule has 0 rings (SSSR count). The van der Waals surface area contributed by atoms with Crippen molar-refractivity contribution in [3.05, 3.63) is 11.6 Å². The van der Waals surface area contributed by atoms with Gasteiger partial charge < -0.3 is 4.74 Å². The molecular weight excluding hydrogens is 124 g/mol. The normalized spacial score (nSPS) is 12.8. The minimum Gasteiger partial charge on any atom is -0.382 e. The summed E-state index contributed by atoms with van der Waals surface area (Å²) in [7, 11) is 1.76. The van der Waals surface area contributed by atoms with Gasteiger partial charge in [0, 0.05) is 7.11 Å². The molecule has 10 heavy (non-hydrogen) atoms. The lowest BCUT2D eigenvalue weighted by atomic mass is 10.2. The van der Waals surface area contributed by atoms with E-state index in [0.29, 0.717) is 6.10 Å².